The number of aromatic nitrogens is 4. The van der Waals surface area contributed by atoms with Crippen molar-refractivity contribution in [1.29, 1.82) is 0 Å². The summed E-state index contributed by atoms with van der Waals surface area (Å²) in [6, 6.07) is 14.3. The van der Waals surface area contributed by atoms with E-state index >= 15 is 0 Å². The number of para-hydroxylation sites is 1. The molecule has 0 bridgehead atoms. The van der Waals surface area contributed by atoms with E-state index in [1.807, 2.05) is 77.2 Å². The Bertz CT molecular complexity index is 1980. The van der Waals surface area contributed by atoms with Crippen LogP contribution in [0.2, 0.25) is 5.02 Å². The van der Waals surface area contributed by atoms with Gasteiger partial charge < -0.3 is 10.4 Å². The lowest BCUT2D eigenvalue weighted by atomic mass is 9.95. The number of carbonyl (C=O) groups is 2. The summed E-state index contributed by atoms with van der Waals surface area (Å²) in [7, 11) is 1.85. The molecule has 2 N–H and O–H groups in total. The Morgan fingerprint density at radius 1 is 1.09 bits per heavy atom. The quantitative estimate of drug-likeness (QED) is 0.210. The molecule has 44 heavy (non-hydrogen) atoms. The predicted octanol–water partition coefficient (Wildman–Crippen LogP) is 6.90. The fourth-order valence-electron chi connectivity index (χ4n) is 5.11. The predicted molar refractivity (Wildman–Crippen MR) is 174 cm³/mol. The highest BCUT2D eigenvalue weighted by Gasteiger charge is 2.30. The van der Waals surface area contributed by atoms with Gasteiger partial charge in [-0.2, -0.15) is 5.10 Å². The molecule has 5 aromatic rings. The highest BCUT2D eigenvalue weighted by Crippen LogP contribution is 2.36. The van der Waals surface area contributed by atoms with Gasteiger partial charge in [0.2, 0.25) is 5.91 Å². The summed E-state index contributed by atoms with van der Waals surface area (Å²) in [5, 5.41) is 20.3. The second-order valence-corrected chi connectivity index (χ2v) is 12.3. The maximum Gasteiger partial charge on any atom is 0.407 e. The molecule has 0 aliphatic heterocycles. The summed E-state index contributed by atoms with van der Waals surface area (Å²) >= 11 is 6.98. The average molecular weight is 609 g/mol. The molecule has 224 valence electrons. The van der Waals surface area contributed by atoms with Crippen molar-refractivity contribution in [2.24, 2.45) is 12.5 Å². The van der Waals surface area contributed by atoms with Gasteiger partial charge in [0, 0.05) is 52.9 Å². The Morgan fingerprint density at radius 2 is 1.86 bits per heavy atom. The van der Waals surface area contributed by atoms with Crippen molar-refractivity contribution in [3.63, 3.8) is 0 Å². The summed E-state index contributed by atoms with van der Waals surface area (Å²) in [6.45, 7) is 9.44. The van der Waals surface area contributed by atoms with E-state index in [1.165, 1.54) is 0 Å². The normalized spacial score (nSPS) is 12.1. The summed E-state index contributed by atoms with van der Waals surface area (Å²) in [5.41, 5.74) is 3.86. The maximum atomic E-state index is 13.4. The topological polar surface area (TPSA) is 113 Å². The van der Waals surface area contributed by atoms with E-state index in [0.717, 1.165) is 43.4 Å². The summed E-state index contributed by atoms with van der Waals surface area (Å²) in [6.07, 6.45) is 2.35. The number of aryl methyl sites for hydroxylation is 2. The molecular formula is C34H33ClN6O3. The van der Waals surface area contributed by atoms with E-state index in [9.17, 15) is 14.7 Å². The average Bonchev–Trinajstić information content (AvgIpc) is 3.36. The first-order valence-electron chi connectivity index (χ1n) is 14.1. The first-order chi connectivity index (χ1) is 20.8. The van der Waals surface area contributed by atoms with Gasteiger partial charge in [-0.1, -0.05) is 62.6 Å². The number of hydrogen-bond donors (Lipinski definition) is 2. The largest absolute Gasteiger partial charge is 0.465 e. The lowest BCUT2D eigenvalue weighted by Gasteiger charge is -2.31. The number of rotatable bonds is 5. The number of carbonyl (C=O) groups excluding carboxylic acids is 1. The number of fused-ring (bicyclic) bond motifs is 2. The van der Waals surface area contributed by atoms with Crippen molar-refractivity contribution in [2.75, 3.05) is 11.9 Å². The Labute approximate surface area is 260 Å². The number of anilines is 1. The molecule has 3 heterocycles. The number of amides is 2. The number of benzene rings is 2. The SMILES string of the molecule is Cc1nccc2cc(C#Cc3nc(NC(=O)C(C)N(CC(C)(C)C)C(=O)O)cc(-c4cccc5cnn(C)c45)c3Cl)ccc12. The molecule has 0 aliphatic carbocycles. The van der Waals surface area contributed by atoms with Gasteiger partial charge in [-0.05, 0) is 54.8 Å². The number of pyridine rings is 2. The molecule has 2 amide bonds. The molecule has 1 unspecified atom stereocenters. The van der Waals surface area contributed by atoms with Crippen LogP contribution >= 0.6 is 11.6 Å². The minimum Gasteiger partial charge on any atom is -0.465 e. The molecule has 0 saturated carbocycles. The summed E-state index contributed by atoms with van der Waals surface area (Å²) in [4.78, 5) is 35.5. The van der Waals surface area contributed by atoms with Crippen molar-refractivity contribution in [1.82, 2.24) is 24.6 Å². The van der Waals surface area contributed by atoms with Gasteiger partial charge in [-0.25, -0.2) is 9.78 Å². The van der Waals surface area contributed by atoms with Crippen LogP contribution in [0.25, 0.3) is 32.8 Å². The van der Waals surface area contributed by atoms with E-state index in [1.54, 1.807) is 30.1 Å². The molecule has 0 saturated heterocycles. The molecule has 9 nitrogen and oxygen atoms in total. The maximum absolute atomic E-state index is 13.4. The van der Waals surface area contributed by atoms with Crippen LogP contribution < -0.4 is 5.32 Å². The molecule has 10 heteroatoms. The summed E-state index contributed by atoms with van der Waals surface area (Å²) in [5.74, 6) is 5.95. The standard InChI is InChI=1S/C34H33ClN6O3/c1-20-25-12-10-22(16-23(25)14-15-36-20)11-13-28-30(35)27(26-9-7-8-24-18-37-40(6)31(24)26)17-29(38-28)39-32(42)21(2)41(33(43)44)19-34(3,4)5/h7-10,12,14-18,21H,19H2,1-6H3,(H,43,44)(H,38,39,42). The third-order valence-electron chi connectivity index (χ3n) is 7.29. The van der Waals surface area contributed by atoms with E-state index in [2.05, 4.69) is 32.2 Å². The lowest BCUT2D eigenvalue weighted by Crippen LogP contribution is -2.48. The van der Waals surface area contributed by atoms with Gasteiger partial charge in [0.1, 0.15) is 17.6 Å². The van der Waals surface area contributed by atoms with Gasteiger partial charge in [-0.15, -0.1) is 0 Å². The van der Waals surface area contributed by atoms with E-state index in [4.69, 9.17) is 11.6 Å². The Kier molecular flexibility index (Phi) is 8.31. The molecule has 1 atom stereocenters. The fourth-order valence-corrected chi connectivity index (χ4v) is 5.36. The highest BCUT2D eigenvalue weighted by molar-refractivity contribution is 6.34. The van der Waals surface area contributed by atoms with Crippen molar-refractivity contribution in [3.8, 4) is 23.0 Å². The third kappa shape index (κ3) is 6.36. The molecular weight excluding hydrogens is 576 g/mol. The third-order valence-corrected chi connectivity index (χ3v) is 7.67. The second-order valence-electron chi connectivity index (χ2n) is 11.9. The zero-order valence-corrected chi connectivity index (χ0v) is 26.2. The van der Waals surface area contributed by atoms with E-state index in [0.29, 0.717) is 10.6 Å². The Hall–Kier alpha value is -4.94. The fraction of sp³-hybridized carbons (Fsp3) is 0.265. The first-order valence-corrected chi connectivity index (χ1v) is 14.5. The number of carboxylic acid groups (broad SMARTS) is 1. The molecule has 2 aromatic carbocycles. The minimum absolute atomic E-state index is 0.177. The zero-order chi connectivity index (χ0) is 31.8. The van der Waals surface area contributed by atoms with Crippen LogP contribution in [0.4, 0.5) is 10.6 Å². The van der Waals surface area contributed by atoms with Gasteiger partial charge in [0.05, 0.1) is 16.7 Å². The first kappa shape index (κ1) is 30.5. The van der Waals surface area contributed by atoms with Crippen LogP contribution in [0.1, 0.15) is 44.6 Å². The van der Waals surface area contributed by atoms with Gasteiger partial charge >= 0.3 is 6.09 Å². The number of nitrogens with one attached hydrogen (secondary N) is 1. The van der Waals surface area contributed by atoms with Gasteiger partial charge in [0.15, 0.2) is 0 Å². The highest BCUT2D eigenvalue weighted by atomic mass is 35.5. The smallest absolute Gasteiger partial charge is 0.407 e. The van der Waals surface area contributed by atoms with Gasteiger partial charge in [0.25, 0.3) is 0 Å². The molecule has 0 spiro atoms. The van der Waals surface area contributed by atoms with Crippen molar-refractivity contribution < 1.29 is 14.7 Å². The van der Waals surface area contributed by atoms with Crippen LogP contribution in [-0.4, -0.2) is 54.3 Å². The molecule has 0 fully saturated rings. The van der Waals surface area contributed by atoms with Crippen LogP contribution in [-0.2, 0) is 11.8 Å². The molecule has 3 aromatic heterocycles. The molecule has 5 rings (SSSR count). The molecule has 0 radical (unpaired) electrons. The van der Waals surface area contributed by atoms with E-state index < -0.39 is 18.0 Å². The van der Waals surface area contributed by atoms with E-state index in [-0.39, 0.29) is 23.5 Å². The van der Waals surface area contributed by atoms with Crippen LogP contribution in [0.5, 0.6) is 0 Å². The lowest BCUT2D eigenvalue weighted by molar-refractivity contribution is -0.120. The Morgan fingerprint density at radius 3 is 2.59 bits per heavy atom. The number of halogens is 1. The monoisotopic (exact) mass is 608 g/mol. The second kappa shape index (κ2) is 12.0. The van der Waals surface area contributed by atoms with Gasteiger partial charge in [-0.3, -0.25) is 19.4 Å². The van der Waals surface area contributed by atoms with Crippen molar-refractivity contribution >= 4 is 51.1 Å². The number of nitrogens with zero attached hydrogens (tertiary/aromatic N) is 5. The Balaban J connectivity index is 1.59. The van der Waals surface area contributed by atoms with Crippen molar-refractivity contribution in [2.45, 2.75) is 40.7 Å². The van der Waals surface area contributed by atoms with Crippen LogP contribution in [0.15, 0.2) is 60.9 Å². The minimum atomic E-state index is -1.18. The van der Waals surface area contributed by atoms with Crippen molar-refractivity contribution in [3.05, 3.63) is 82.9 Å². The summed E-state index contributed by atoms with van der Waals surface area (Å²) < 4.78 is 1.76. The number of hydrogen-bond acceptors (Lipinski definition) is 5. The van der Waals surface area contributed by atoms with Crippen LogP contribution in [0, 0.1) is 24.2 Å². The van der Waals surface area contributed by atoms with Crippen LogP contribution in [0.3, 0.4) is 0 Å². The zero-order valence-electron chi connectivity index (χ0n) is 25.4. The molecule has 0 aliphatic rings.